The summed E-state index contributed by atoms with van der Waals surface area (Å²) >= 11 is 0. The maximum atomic E-state index is 10.6. The van der Waals surface area contributed by atoms with Crippen LogP contribution in [0.3, 0.4) is 0 Å². The number of hydrogen-bond donors (Lipinski definition) is 1. The highest BCUT2D eigenvalue weighted by atomic mass is 16.1. The molecular weight excluding hydrogens is 174 g/mol. The summed E-state index contributed by atoms with van der Waals surface area (Å²) in [4.78, 5) is 10.6. The second kappa shape index (κ2) is 7.60. The van der Waals surface area contributed by atoms with Crippen LogP contribution in [0.4, 0.5) is 0 Å². The van der Waals surface area contributed by atoms with Gasteiger partial charge in [-0.25, -0.2) is 0 Å². The van der Waals surface area contributed by atoms with E-state index in [0.29, 0.717) is 18.3 Å². The zero-order valence-corrected chi connectivity index (χ0v) is 9.46. The number of amides is 1. The van der Waals surface area contributed by atoms with E-state index in [1.54, 1.807) is 0 Å². The Morgan fingerprint density at radius 1 is 1.29 bits per heavy atom. The molecule has 0 aliphatic rings. The van der Waals surface area contributed by atoms with Gasteiger partial charge in [-0.05, 0) is 24.7 Å². The molecule has 0 saturated heterocycles. The molecule has 0 fully saturated rings. The Bertz CT molecular complexity index is 177. The first-order chi connectivity index (χ1) is 6.56. The van der Waals surface area contributed by atoms with E-state index in [9.17, 15) is 4.79 Å². The van der Waals surface area contributed by atoms with Crippen molar-refractivity contribution >= 4 is 5.91 Å². The number of carbonyl (C=O) groups excluding carboxylic acids is 1. The Morgan fingerprint density at radius 2 is 1.86 bits per heavy atom. The van der Waals surface area contributed by atoms with Gasteiger partial charge >= 0.3 is 0 Å². The maximum Gasteiger partial charge on any atom is 0.217 e. The molecular formula is C12H23NO. The second-order valence-corrected chi connectivity index (χ2v) is 4.32. The molecule has 14 heavy (non-hydrogen) atoms. The SMILES string of the molecule is C=CCC(C)CCC(C)CCC(N)=O. The molecule has 0 aliphatic heterocycles. The van der Waals surface area contributed by atoms with Gasteiger partial charge in [0.05, 0.1) is 0 Å². The molecule has 0 aromatic heterocycles. The number of allylic oxidation sites excluding steroid dienone is 1. The Balaban J connectivity index is 3.47. The Kier molecular flexibility index (Phi) is 7.17. The zero-order chi connectivity index (χ0) is 11.0. The van der Waals surface area contributed by atoms with Crippen molar-refractivity contribution in [3.8, 4) is 0 Å². The normalized spacial score (nSPS) is 14.7. The van der Waals surface area contributed by atoms with Gasteiger partial charge in [-0.2, -0.15) is 0 Å². The van der Waals surface area contributed by atoms with Crippen molar-refractivity contribution in [1.82, 2.24) is 0 Å². The number of primary amides is 1. The lowest BCUT2D eigenvalue weighted by Gasteiger charge is -2.13. The average Bonchev–Trinajstić information content (AvgIpc) is 2.12. The third-order valence-electron chi connectivity index (χ3n) is 2.60. The molecule has 2 heteroatoms. The van der Waals surface area contributed by atoms with Crippen molar-refractivity contribution in [2.75, 3.05) is 0 Å². The number of hydrogen-bond acceptors (Lipinski definition) is 1. The van der Waals surface area contributed by atoms with Gasteiger partial charge in [-0.15, -0.1) is 6.58 Å². The first-order valence-electron chi connectivity index (χ1n) is 5.45. The number of nitrogens with two attached hydrogens (primary N) is 1. The topological polar surface area (TPSA) is 43.1 Å². The fourth-order valence-electron chi connectivity index (χ4n) is 1.50. The molecule has 2 N–H and O–H groups in total. The zero-order valence-electron chi connectivity index (χ0n) is 9.46. The molecule has 2 unspecified atom stereocenters. The highest BCUT2D eigenvalue weighted by Gasteiger charge is 2.06. The molecule has 0 saturated carbocycles. The van der Waals surface area contributed by atoms with Crippen molar-refractivity contribution in [2.45, 2.75) is 46.0 Å². The number of carbonyl (C=O) groups is 1. The monoisotopic (exact) mass is 197 g/mol. The standard InChI is InChI=1S/C12H23NO/c1-4-5-10(2)6-7-11(3)8-9-12(13)14/h4,10-11H,1,5-9H2,2-3H3,(H2,13,14). The van der Waals surface area contributed by atoms with Crippen LogP contribution < -0.4 is 5.73 Å². The lowest BCUT2D eigenvalue weighted by atomic mass is 9.93. The van der Waals surface area contributed by atoms with Gasteiger partial charge in [-0.1, -0.05) is 32.8 Å². The van der Waals surface area contributed by atoms with E-state index < -0.39 is 0 Å². The first kappa shape index (κ1) is 13.2. The van der Waals surface area contributed by atoms with Crippen molar-refractivity contribution in [2.24, 2.45) is 17.6 Å². The quantitative estimate of drug-likeness (QED) is 0.597. The molecule has 0 bridgehead atoms. The average molecular weight is 197 g/mol. The van der Waals surface area contributed by atoms with Crippen LogP contribution in [0.1, 0.15) is 46.0 Å². The maximum absolute atomic E-state index is 10.6. The molecule has 0 spiro atoms. The van der Waals surface area contributed by atoms with E-state index in [-0.39, 0.29) is 5.91 Å². The van der Waals surface area contributed by atoms with E-state index in [4.69, 9.17) is 5.73 Å². The van der Waals surface area contributed by atoms with Crippen LogP contribution in [-0.4, -0.2) is 5.91 Å². The van der Waals surface area contributed by atoms with Crippen LogP contribution >= 0.6 is 0 Å². The third-order valence-corrected chi connectivity index (χ3v) is 2.60. The highest BCUT2D eigenvalue weighted by molar-refractivity contribution is 5.73. The molecule has 0 aliphatic carbocycles. The molecule has 1 amide bonds. The van der Waals surface area contributed by atoms with Gasteiger partial charge in [0, 0.05) is 6.42 Å². The van der Waals surface area contributed by atoms with E-state index in [1.807, 2.05) is 6.08 Å². The summed E-state index contributed by atoms with van der Waals surface area (Å²) in [6.07, 6.45) is 6.91. The lowest BCUT2D eigenvalue weighted by Crippen LogP contribution is -2.12. The molecule has 0 aromatic carbocycles. The van der Waals surface area contributed by atoms with Gasteiger partial charge in [0.1, 0.15) is 0 Å². The van der Waals surface area contributed by atoms with Crippen molar-refractivity contribution in [3.05, 3.63) is 12.7 Å². The van der Waals surface area contributed by atoms with Gasteiger partial charge in [0.2, 0.25) is 5.91 Å². The molecule has 0 radical (unpaired) electrons. The van der Waals surface area contributed by atoms with E-state index in [1.165, 1.54) is 12.8 Å². The van der Waals surface area contributed by atoms with Gasteiger partial charge < -0.3 is 5.73 Å². The van der Waals surface area contributed by atoms with Crippen LogP contribution in [0.2, 0.25) is 0 Å². The Morgan fingerprint density at radius 3 is 2.36 bits per heavy atom. The van der Waals surface area contributed by atoms with Crippen molar-refractivity contribution in [1.29, 1.82) is 0 Å². The summed E-state index contributed by atoms with van der Waals surface area (Å²) in [6, 6.07) is 0. The van der Waals surface area contributed by atoms with Crippen LogP contribution in [0.5, 0.6) is 0 Å². The molecule has 2 nitrogen and oxygen atoms in total. The lowest BCUT2D eigenvalue weighted by molar-refractivity contribution is -0.118. The second-order valence-electron chi connectivity index (χ2n) is 4.32. The molecule has 0 heterocycles. The minimum Gasteiger partial charge on any atom is -0.370 e. The van der Waals surface area contributed by atoms with Crippen molar-refractivity contribution < 1.29 is 4.79 Å². The molecule has 0 aromatic rings. The minimum atomic E-state index is -0.184. The Hall–Kier alpha value is -0.790. The van der Waals surface area contributed by atoms with Gasteiger partial charge in [0.25, 0.3) is 0 Å². The fourth-order valence-corrected chi connectivity index (χ4v) is 1.50. The summed E-state index contributed by atoms with van der Waals surface area (Å²) < 4.78 is 0. The minimum absolute atomic E-state index is 0.184. The molecule has 82 valence electrons. The summed E-state index contributed by atoms with van der Waals surface area (Å²) in [5.41, 5.74) is 5.09. The van der Waals surface area contributed by atoms with E-state index in [0.717, 1.165) is 12.8 Å². The summed E-state index contributed by atoms with van der Waals surface area (Å²) in [5.74, 6) is 1.13. The van der Waals surface area contributed by atoms with E-state index >= 15 is 0 Å². The Labute approximate surface area is 87.6 Å². The predicted molar refractivity (Wildman–Crippen MR) is 60.8 cm³/mol. The number of rotatable bonds is 8. The van der Waals surface area contributed by atoms with Gasteiger partial charge in [0.15, 0.2) is 0 Å². The van der Waals surface area contributed by atoms with E-state index in [2.05, 4.69) is 20.4 Å². The summed E-state index contributed by atoms with van der Waals surface area (Å²) in [7, 11) is 0. The smallest absolute Gasteiger partial charge is 0.217 e. The first-order valence-corrected chi connectivity index (χ1v) is 5.45. The molecule has 0 rings (SSSR count). The largest absolute Gasteiger partial charge is 0.370 e. The van der Waals surface area contributed by atoms with Crippen LogP contribution in [0.25, 0.3) is 0 Å². The predicted octanol–water partition coefficient (Wildman–Crippen LogP) is 2.88. The summed E-state index contributed by atoms with van der Waals surface area (Å²) in [5, 5.41) is 0. The third kappa shape index (κ3) is 7.84. The van der Waals surface area contributed by atoms with Gasteiger partial charge in [-0.3, -0.25) is 4.79 Å². The van der Waals surface area contributed by atoms with Crippen LogP contribution in [0.15, 0.2) is 12.7 Å². The summed E-state index contributed by atoms with van der Waals surface area (Å²) in [6.45, 7) is 8.15. The molecule has 2 atom stereocenters. The fraction of sp³-hybridized carbons (Fsp3) is 0.750. The van der Waals surface area contributed by atoms with Crippen LogP contribution in [0, 0.1) is 11.8 Å². The van der Waals surface area contributed by atoms with Crippen LogP contribution in [-0.2, 0) is 4.79 Å². The van der Waals surface area contributed by atoms with Crippen molar-refractivity contribution in [3.63, 3.8) is 0 Å². The highest BCUT2D eigenvalue weighted by Crippen LogP contribution is 2.18.